The van der Waals surface area contributed by atoms with Gasteiger partial charge in [-0.05, 0) is 24.1 Å². The van der Waals surface area contributed by atoms with Crippen LogP contribution in [0.2, 0.25) is 10.0 Å². The molecule has 6 heteroatoms. The van der Waals surface area contributed by atoms with E-state index >= 15 is 0 Å². The molecule has 0 aliphatic rings. The summed E-state index contributed by atoms with van der Waals surface area (Å²) >= 11 is 12.0. The van der Waals surface area contributed by atoms with E-state index in [1.807, 2.05) is 0 Å². The molecule has 0 bridgehead atoms. The van der Waals surface area contributed by atoms with Gasteiger partial charge in [0.1, 0.15) is 0 Å². The Bertz CT molecular complexity index is 406. The van der Waals surface area contributed by atoms with Crippen LogP contribution in [0.3, 0.4) is 0 Å². The molecule has 1 aromatic carbocycles. The number of halogens is 2. The third kappa shape index (κ3) is 5.78. The summed E-state index contributed by atoms with van der Waals surface area (Å²) in [4.78, 5) is 11.7. The molecule has 1 aromatic rings. The summed E-state index contributed by atoms with van der Waals surface area (Å²) in [6, 6.07) is 5.12. The average molecular weight is 306 g/mol. The number of hydrogen-bond donors (Lipinski definition) is 2. The number of amides is 1. The molecule has 0 radical (unpaired) electrons. The smallest absolute Gasteiger partial charge is 0.224 e. The highest BCUT2D eigenvalue weighted by Crippen LogP contribution is 2.24. The van der Waals surface area contributed by atoms with Gasteiger partial charge in [0.15, 0.2) is 0 Å². The van der Waals surface area contributed by atoms with Gasteiger partial charge in [-0.3, -0.25) is 4.79 Å². The molecule has 1 atom stereocenters. The first-order chi connectivity index (χ1) is 9.04. The van der Waals surface area contributed by atoms with E-state index < -0.39 is 6.10 Å². The molecule has 1 amide bonds. The summed E-state index contributed by atoms with van der Waals surface area (Å²) < 4.78 is 4.79. The predicted molar refractivity (Wildman–Crippen MR) is 75.7 cm³/mol. The quantitative estimate of drug-likeness (QED) is 0.810. The summed E-state index contributed by atoms with van der Waals surface area (Å²) in [5, 5.41) is 13.1. The molecule has 0 aliphatic heterocycles. The summed E-state index contributed by atoms with van der Waals surface area (Å²) in [5.74, 6) is -0.181. The maximum absolute atomic E-state index is 11.7. The Morgan fingerprint density at radius 2 is 2.05 bits per heavy atom. The molecule has 0 aromatic heterocycles. The van der Waals surface area contributed by atoms with E-state index in [0.29, 0.717) is 28.6 Å². The number of benzene rings is 1. The number of carbonyl (C=O) groups excluding carboxylic acids is 1. The molecule has 106 valence electrons. The van der Waals surface area contributed by atoms with E-state index in [1.54, 1.807) is 18.2 Å². The predicted octanol–water partition coefficient (Wildman–Crippen LogP) is 2.05. The molecule has 0 aliphatic carbocycles. The SMILES string of the molecule is COCC(O)CCNC(=O)Cc1c(Cl)cccc1Cl. The minimum atomic E-state index is -0.575. The third-order valence-electron chi connectivity index (χ3n) is 2.56. The molecule has 0 saturated carbocycles. The van der Waals surface area contributed by atoms with Crippen molar-refractivity contribution in [2.75, 3.05) is 20.3 Å². The molecular weight excluding hydrogens is 289 g/mol. The Morgan fingerprint density at radius 3 is 2.63 bits per heavy atom. The highest BCUT2D eigenvalue weighted by atomic mass is 35.5. The lowest BCUT2D eigenvalue weighted by molar-refractivity contribution is -0.120. The van der Waals surface area contributed by atoms with Gasteiger partial charge < -0.3 is 15.2 Å². The van der Waals surface area contributed by atoms with Crippen LogP contribution in [-0.2, 0) is 16.0 Å². The molecule has 1 rings (SSSR count). The molecule has 1 unspecified atom stereocenters. The monoisotopic (exact) mass is 305 g/mol. The summed E-state index contributed by atoms with van der Waals surface area (Å²) in [6.45, 7) is 0.637. The summed E-state index contributed by atoms with van der Waals surface area (Å²) in [5.41, 5.74) is 0.612. The standard InChI is InChI=1S/C13H17Cl2NO3/c1-19-8-9(17)5-6-16-13(18)7-10-11(14)3-2-4-12(10)15/h2-4,9,17H,5-8H2,1H3,(H,16,18). The Hall–Kier alpha value is -0.810. The molecule has 0 fully saturated rings. The van der Waals surface area contributed by atoms with Crippen LogP contribution in [0, 0.1) is 0 Å². The molecule has 4 nitrogen and oxygen atoms in total. The first-order valence-corrected chi connectivity index (χ1v) is 6.66. The van der Waals surface area contributed by atoms with Gasteiger partial charge in [0.25, 0.3) is 0 Å². The second-order valence-electron chi connectivity index (χ2n) is 4.12. The van der Waals surface area contributed by atoms with E-state index in [4.69, 9.17) is 27.9 Å². The summed E-state index contributed by atoms with van der Waals surface area (Å²) in [7, 11) is 1.52. The van der Waals surface area contributed by atoms with Gasteiger partial charge in [0.05, 0.1) is 19.1 Å². The molecule has 0 saturated heterocycles. The number of hydrogen-bond acceptors (Lipinski definition) is 3. The van der Waals surface area contributed by atoms with Crippen LogP contribution in [-0.4, -0.2) is 37.4 Å². The van der Waals surface area contributed by atoms with Crippen molar-refractivity contribution in [3.8, 4) is 0 Å². The van der Waals surface area contributed by atoms with Gasteiger partial charge in [-0.2, -0.15) is 0 Å². The highest BCUT2D eigenvalue weighted by molar-refractivity contribution is 6.36. The maximum atomic E-state index is 11.7. The van der Waals surface area contributed by atoms with Gasteiger partial charge in [0.2, 0.25) is 5.91 Å². The lowest BCUT2D eigenvalue weighted by Crippen LogP contribution is -2.29. The van der Waals surface area contributed by atoms with Crippen molar-refractivity contribution in [3.63, 3.8) is 0 Å². The Labute approximate surface area is 122 Å². The van der Waals surface area contributed by atoms with Gasteiger partial charge in [-0.25, -0.2) is 0 Å². The second-order valence-corrected chi connectivity index (χ2v) is 4.94. The lowest BCUT2D eigenvalue weighted by Gasteiger charge is -2.11. The van der Waals surface area contributed by atoms with Crippen LogP contribution >= 0.6 is 23.2 Å². The number of ether oxygens (including phenoxy) is 1. The molecule has 2 N–H and O–H groups in total. The van der Waals surface area contributed by atoms with Crippen molar-refractivity contribution in [1.29, 1.82) is 0 Å². The molecule has 0 spiro atoms. The highest BCUT2D eigenvalue weighted by Gasteiger charge is 2.11. The zero-order valence-electron chi connectivity index (χ0n) is 10.7. The van der Waals surface area contributed by atoms with Crippen LogP contribution in [0.4, 0.5) is 0 Å². The third-order valence-corrected chi connectivity index (χ3v) is 3.27. The largest absolute Gasteiger partial charge is 0.391 e. The van der Waals surface area contributed by atoms with Crippen molar-refractivity contribution in [1.82, 2.24) is 5.32 Å². The van der Waals surface area contributed by atoms with Gasteiger partial charge in [0, 0.05) is 23.7 Å². The van der Waals surface area contributed by atoms with Crippen molar-refractivity contribution >= 4 is 29.1 Å². The number of aliphatic hydroxyl groups excluding tert-OH is 1. The average Bonchev–Trinajstić information content (AvgIpc) is 2.34. The van der Waals surface area contributed by atoms with Crippen LogP contribution in [0.15, 0.2) is 18.2 Å². The van der Waals surface area contributed by atoms with Crippen LogP contribution in [0.5, 0.6) is 0 Å². The minimum Gasteiger partial charge on any atom is -0.391 e. The lowest BCUT2D eigenvalue weighted by atomic mass is 10.1. The van der Waals surface area contributed by atoms with Crippen LogP contribution in [0.1, 0.15) is 12.0 Å². The molecular formula is C13H17Cl2NO3. The van der Waals surface area contributed by atoms with Crippen LogP contribution < -0.4 is 5.32 Å². The fraction of sp³-hybridized carbons (Fsp3) is 0.462. The first-order valence-electron chi connectivity index (χ1n) is 5.91. The van der Waals surface area contributed by atoms with Crippen molar-refractivity contribution in [2.24, 2.45) is 0 Å². The van der Waals surface area contributed by atoms with Gasteiger partial charge >= 0.3 is 0 Å². The maximum Gasteiger partial charge on any atom is 0.224 e. The first kappa shape index (κ1) is 16.2. The molecule has 0 heterocycles. The number of rotatable bonds is 7. The topological polar surface area (TPSA) is 58.6 Å². The normalized spacial score (nSPS) is 12.2. The fourth-order valence-corrected chi connectivity index (χ4v) is 2.11. The Kier molecular flexibility index (Phi) is 7.16. The van der Waals surface area contributed by atoms with E-state index in [1.165, 1.54) is 7.11 Å². The van der Waals surface area contributed by atoms with E-state index in [2.05, 4.69) is 5.32 Å². The Morgan fingerprint density at radius 1 is 1.42 bits per heavy atom. The Balaban J connectivity index is 2.39. The van der Waals surface area contributed by atoms with E-state index in [0.717, 1.165) is 0 Å². The van der Waals surface area contributed by atoms with E-state index in [-0.39, 0.29) is 18.9 Å². The minimum absolute atomic E-state index is 0.124. The van der Waals surface area contributed by atoms with Crippen LogP contribution in [0.25, 0.3) is 0 Å². The number of aliphatic hydroxyl groups is 1. The zero-order valence-corrected chi connectivity index (χ0v) is 12.2. The van der Waals surface area contributed by atoms with Gasteiger partial charge in [-0.1, -0.05) is 29.3 Å². The van der Waals surface area contributed by atoms with Gasteiger partial charge in [-0.15, -0.1) is 0 Å². The number of carbonyl (C=O) groups is 1. The van der Waals surface area contributed by atoms with Crippen molar-refractivity contribution < 1.29 is 14.6 Å². The number of nitrogens with one attached hydrogen (secondary N) is 1. The van der Waals surface area contributed by atoms with Crippen molar-refractivity contribution in [2.45, 2.75) is 18.9 Å². The fourth-order valence-electron chi connectivity index (χ4n) is 1.58. The van der Waals surface area contributed by atoms with E-state index in [9.17, 15) is 9.90 Å². The second kappa shape index (κ2) is 8.38. The molecule has 19 heavy (non-hydrogen) atoms. The zero-order chi connectivity index (χ0) is 14.3. The number of methoxy groups -OCH3 is 1. The summed E-state index contributed by atoms with van der Waals surface area (Å²) in [6.07, 6.45) is -0.0106. The van der Waals surface area contributed by atoms with Crippen molar-refractivity contribution in [3.05, 3.63) is 33.8 Å².